The van der Waals surface area contributed by atoms with Crippen molar-refractivity contribution in [3.8, 4) is 0 Å². The van der Waals surface area contributed by atoms with E-state index < -0.39 is 12.0 Å². The molecule has 1 aromatic rings. The van der Waals surface area contributed by atoms with E-state index in [-0.39, 0.29) is 30.2 Å². The van der Waals surface area contributed by atoms with Gasteiger partial charge >= 0.3 is 0 Å². The van der Waals surface area contributed by atoms with E-state index in [1.165, 1.54) is 0 Å². The van der Waals surface area contributed by atoms with Crippen LogP contribution < -0.4 is 5.32 Å². The summed E-state index contributed by atoms with van der Waals surface area (Å²) in [5.74, 6) is -0.360. The summed E-state index contributed by atoms with van der Waals surface area (Å²) in [5, 5.41) is 13.2. The summed E-state index contributed by atoms with van der Waals surface area (Å²) in [4.78, 5) is 41.1. The molecule has 2 aliphatic rings. The number of piperidine rings is 1. The highest BCUT2D eigenvalue weighted by atomic mass is 16.3. The Kier molecular flexibility index (Phi) is 7.85. The Morgan fingerprint density at radius 2 is 1.93 bits per heavy atom. The Morgan fingerprint density at radius 1 is 1.17 bits per heavy atom. The first kappa shape index (κ1) is 22.3. The van der Waals surface area contributed by atoms with Crippen LogP contribution in [0.4, 0.5) is 0 Å². The van der Waals surface area contributed by atoms with Crippen molar-refractivity contribution in [2.75, 3.05) is 26.2 Å². The van der Waals surface area contributed by atoms with Gasteiger partial charge in [0.2, 0.25) is 17.7 Å². The van der Waals surface area contributed by atoms with Crippen LogP contribution in [0.25, 0.3) is 0 Å². The van der Waals surface area contributed by atoms with E-state index in [1.54, 1.807) is 4.90 Å². The van der Waals surface area contributed by atoms with Gasteiger partial charge in [-0.15, -0.1) is 0 Å². The number of aliphatic hydroxyl groups is 1. The van der Waals surface area contributed by atoms with Crippen LogP contribution in [-0.2, 0) is 20.8 Å². The fraction of sp³-hybridized carbons (Fsp3) is 0.609. The van der Waals surface area contributed by atoms with Crippen molar-refractivity contribution in [2.24, 2.45) is 5.92 Å². The molecular weight excluding hydrogens is 382 g/mol. The van der Waals surface area contributed by atoms with Crippen molar-refractivity contribution in [1.82, 2.24) is 15.1 Å². The summed E-state index contributed by atoms with van der Waals surface area (Å²) in [6, 6.07) is 9.27. The van der Waals surface area contributed by atoms with Crippen molar-refractivity contribution in [3.05, 3.63) is 35.9 Å². The van der Waals surface area contributed by atoms with Crippen LogP contribution in [0.5, 0.6) is 0 Å². The van der Waals surface area contributed by atoms with Crippen LogP contribution >= 0.6 is 0 Å². The predicted molar refractivity (Wildman–Crippen MR) is 113 cm³/mol. The Bertz CT molecular complexity index is 739. The predicted octanol–water partition coefficient (Wildman–Crippen LogP) is 1.35. The first-order chi connectivity index (χ1) is 14.5. The zero-order chi connectivity index (χ0) is 21.5. The molecule has 3 atom stereocenters. The van der Waals surface area contributed by atoms with Crippen LogP contribution in [-0.4, -0.2) is 71.0 Å². The average Bonchev–Trinajstić information content (AvgIpc) is 2.99. The number of carbonyl (C=O) groups is 3. The molecule has 0 aliphatic carbocycles. The Labute approximate surface area is 178 Å². The first-order valence-electron chi connectivity index (χ1n) is 11.1. The Morgan fingerprint density at radius 3 is 2.67 bits per heavy atom. The van der Waals surface area contributed by atoms with Crippen LogP contribution in [0.3, 0.4) is 0 Å². The van der Waals surface area contributed by atoms with E-state index in [1.807, 2.05) is 42.2 Å². The maximum absolute atomic E-state index is 13.1. The topological polar surface area (TPSA) is 90.0 Å². The molecule has 0 saturated carbocycles. The minimum Gasteiger partial charge on any atom is -0.383 e. The Hall–Kier alpha value is -2.41. The minimum atomic E-state index is -1.11. The fourth-order valence-electron chi connectivity index (χ4n) is 4.37. The lowest BCUT2D eigenvalue weighted by Crippen LogP contribution is -2.51. The Balaban J connectivity index is 1.55. The molecule has 7 nitrogen and oxygen atoms in total. The molecule has 2 aliphatic heterocycles. The molecule has 0 spiro atoms. The lowest BCUT2D eigenvalue weighted by atomic mass is 9.95. The van der Waals surface area contributed by atoms with Gasteiger partial charge in [-0.1, -0.05) is 30.3 Å². The second kappa shape index (κ2) is 10.6. The number of rotatable bonds is 6. The second-order valence-electron chi connectivity index (χ2n) is 8.36. The highest BCUT2D eigenvalue weighted by Gasteiger charge is 2.34. The van der Waals surface area contributed by atoms with E-state index in [0.717, 1.165) is 24.8 Å². The number of likely N-dealkylation sites (tertiary alicyclic amines) is 2. The average molecular weight is 416 g/mol. The van der Waals surface area contributed by atoms with Gasteiger partial charge in [0.1, 0.15) is 6.10 Å². The molecule has 3 unspecified atom stereocenters. The molecule has 30 heavy (non-hydrogen) atoms. The van der Waals surface area contributed by atoms with Crippen molar-refractivity contribution >= 4 is 17.7 Å². The third-order valence-corrected chi connectivity index (χ3v) is 6.14. The summed E-state index contributed by atoms with van der Waals surface area (Å²) in [6.45, 7) is 4.18. The third-order valence-electron chi connectivity index (χ3n) is 6.14. The van der Waals surface area contributed by atoms with Gasteiger partial charge < -0.3 is 20.2 Å². The highest BCUT2D eigenvalue weighted by Crippen LogP contribution is 2.22. The number of benzene rings is 1. The van der Waals surface area contributed by atoms with Crippen molar-refractivity contribution < 1.29 is 19.5 Å². The largest absolute Gasteiger partial charge is 0.383 e. The number of carbonyl (C=O) groups excluding carboxylic acids is 3. The van der Waals surface area contributed by atoms with E-state index in [9.17, 15) is 19.5 Å². The highest BCUT2D eigenvalue weighted by molar-refractivity contribution is 5.84. The summed E-state index contributed by atoms with van der Waals surface area (Å²) >= 11 is 0. The van der Waals surface area contributed by atoms with E-state index in [2.05, 4.69) is 5.32 Å². The van der Waals surface area contributed by atoms with E-state index >= 15 is 0 Å². The molecule has 2 saturated heterocycles. The smallest absolute Gasteiger partial charge is 0.249 e. The maximum Gasteiger partial charge on any atom is 0.249 e. The first-order valence-corrected chi connectivity index (χ1v) is 11.1. The van der Waals surface area contributed by atoms with Gasteiger partial charge in [0.05, 0.1) is 5.92 Å². The van der Waals surface area contributed by atoms with Gasteiger partial charge in [-0.2, -0.15) is 0 Å². The molecule has 0 aromatic heterocycles. The van der Waals surface area contributed by atoms with Crippen LogP contribution in [0.1, 0.15) is 44.6 Å². The van der Waals surface area contributed by atoms with Crippen molar-refractivity contribution in [3.63, 3.8) is 0 Å². The fourth-order valence-corrected chi connectivity index (χ4v) is 4.37. The molecule has 7 heteroatoms. The monoisotopic (exact) mass is 415 g/mol. The van der Waals surface area contributed by atoms with Gasteiger partial charge in [-0.25, -0.2) is 0 Å². The third kappa shape index (κ3) is 5.81. The standard InChI is InChI=1S/C23H33N3O4/c1-2-25-15-18(11-12-21(25)28)23(30)26-13-7-6-10-19(16-26)24-22(29)20(27)14-17-8-4-3-5-9-17/h3-5,8-9,18-20,27H,2,6-7,10-16H2,1H3,(H,24,29). The zero-order valence-electron chi connectivity index (χ0n) is 17.8. The van der Waals surface area contributed by atoms with E-state index in [4.69, 9.17) is 0 Å². The lowest BCUT2D eigenvalue weighted by molar-refractivity contribution is -0.143. The summed E-state index contributed by atoms with van der Waals surface area (Å²) in [6.07, 6.45) is 2.79. The number of aliphatic hydroxyl groups excluding tert-OH is 1. The van der Waals surface area contributed by atoms with Crippen molar-refractivity contribution in [1.29, 1.82) is 0 Å². The molecule has 1 aromatic carbocycles. The number of hydrogen-bond acceptors (Lipinski definition) is 4. The zero-order valence-corrected chi connectivity index (χ0v) is 17.8. The van der Waals surface area contributed by atoms with Crippen molar-refractivity contribution in [2.45, 2.75) is 57.6 Å². The van der Waals surface area contributed by atoms with Crippen LogP contribution in [0, 0.1) is 5.92 Å². The number of hydrogen-bond donors (Lipinski definition) is 2. The molecule has 2 N–H and O–H groups in total. The normalized spacial score (nSPS) is 23.6. The van der Waals surface area contributed by atoms with E-state index in [0.29, 0.717) is 39.0 Å². The number of nitrogens with one attached hydrogen (secondary N) is 1. The maximum atomic E-state index is 13.1. The summed E-state index contributed by atoms with van der Waals surface area (Å²) in [5.41, 5.74) is 0.908. The number of amides is 3. The quantitative estimate of drug-likeness (QED) is 0.734. The van der Waals surface area contributed by atoms with Crippen LogP contribution in [0.15, 0.2) is 30.3 Å². The van der Waals surface area contributed by atoms with Gasteiger partial charge in [-0.05, 0) is 38.2 Å². The molecule has 2 heterocycles. The second-order valence-corrected chi connectivity index (χ2v) is 8.36. The summed E-state index contributed by atoms with van der Waals surface area (Å²) in [7, 11) is 0. The van der Waals surface area contributed by atoms with Gasteiger partial charge in [0, 0.05) is 45.1 Å². The molecule has 3 amide bonds. The molecule has 164 valence electrons. The molecule has 2 fully saturated rings. The van der Waals surface area contributed by atoms with Gasteiger partial charge in [0.15, 0.2) is 0 Å². The summed E-state index contributed by atoms with van der Waals surface area (Å²) < 4.78 is 0. The molecule has 0 bridgehead atoms. The van der Waals surface area contributed by atoms with Crippen LogP contribution in [0.2, 0.25) is 0 Å². The number of nitrogens with zero attached hydrogens (tertiary/aromatic N) is 2. The molecule has 3 rings (SSSR count). The molecular formula is C23H33N3O4. The minimum absolute atomic E-state index is 0.0759. The van der Waals surface area contributed by atoms with Gasteiger partial charge in [0.25, 0.3) is 0 Å². The lowest BCUT2D eigenvalue weighted by Gasteiger charge is -2.35. The molecule has 0 radical (unpaired) electrons. The van der Waals surface area contributed by atoms with Gasteiger partial charge in [-0.3, -0.25) is 14.4 Å². The SMILES string of the molecule is CCN1CC(C(=O)N2CCCCC(NC(=O)C(O)Cc3ccccc3)C2)CCC1=O.